The lowest BCUT2D eigenvalue weighted by atomic mass is 10.1. The van der Waals surface area contributed by atoms with E-state index in [1.807, 2.05) is 19.1 Å². The van der Waals surface area contributed by atoms with E-state index in [-0.39, 0.29) is 5.25 Å². The normalized spacial score (nSPS) is 20.3. The summed E-state index contributed by atoms with van der Waals surface area (Å²) in [6.07, 6.45) is 2.50. The van der Waals surface area contributed by atoms with E-state index in [1.54, 1.807) is 6.20 Å². The Hall–Kier alpha value is -1.44. The minimum Gasteiger partial charge on any atom is -0.298 e. The number of nitrogens with one attached hydrogen (secondary N) is 2. The zero-order valence-electron chi connectivity index (χ0n) is 12.0. The van der Waals surface area contributed by atoms with Crippen molar-refractivity contribution in [1.82, 2.24) is 19.8 Å². The molecule has 1 saturated heterocycles. The molecule has 1 fully saturated rings. The molecule has 0 spiro atoms. The van der Waals surface area contributed by atoms with Gasteiger partial charge in [0.2, 0.25) is 10.0 Å². The highest BCUT2D eigenvalue weighted by molar-refractivity contribution is 7.90. The third-order valence-electron chi connectivity index (χ3n) is 3.97. The fourth-order valence-electron chi connectivity index (χ4n) is 2.92. The van der Waals surface area contributed by atoms with E-state index in [9.17, 15) is 8.42 Å². The van der Waals surface area contributed by atoms with Crippen molar-refractivity contribution < 1.29 is 8.42 Å². The first-order valence-electron chi connectivity index (χ1n) is 7.22. The van der Waals surface area contributed by atoms with Gasteiger partial charge in [-0.25, -0.2) is 13.1 Å². The SMILES string of the molecule is CCNS(=O)(=O)[C@@H]1CCN(Cc2cccc3cn[nH]c23)C1. The summed E-state index contributed by atoms with van der Waals surface area (Å²) in [5, 5.41) is 7.86. The summed E-state index contributed by atoms with van der Waals surface area (Å²) in [7, 11) is -3.18. The zero-order valence-corrected chi connectivity index (χ0v) is 12.9. The van der Waals surface area contributed by atoms with Crippen LogP contribution < -0.4 is 4.72 Å². The molecule has 7 heteroatoms. The molecule has 2 N–H and O–H groups in total. The van der Waals surface area contributed by atoms with Crippen LogP contribution in [0.3, 0.4) is 0 Å². The Morgan fingerprint density at radius 2 is 2.33 bits per heavy atom. The average molecular weight is 308 g/mol. The average Bonchev–Trinajstić information content (AvgIpc) is 3.07. The molecule has 3 rings (SSSR count). The molecule has 0 unspecified atom stereocenters. The van der Waals surface area contributed by atoms with Gasteiger partial charge in [0.05, 0.1) is 17.0 Å². The summed E-state index contributed by atoms with van der Waals surface area (Å²) in [6, 6.07) is 6.09. The third-order valence-corrected chi connectivity index (χ3v) is 5.92. The van der Waals surface area contributed by atoms with E-state index >= 15 is 0 Å². The summed E-state index contributed by atoms with van der Waals surface area (Å²) in [4.78, 5) is 2.19. The monoisotopic (exact) mass is 308 g/mol. The summed E-state index contributed by atoms with van der Waals surface area (Å²) in [6.45, 7) is 4.40. The summed E-state index contributed by atoms with van der Waals surface area (Å²) >= 11 is 0. The number of aromatic nitrogens is 2. The van der Waals surface area contributed by atoms with Crippen molar-refractivity contribution in [3.63, 3.8) is 0 Å². The fourth-order valence-corrected chi connectivity index (χ4v) is 4.38. The molecule has 1 aliphatic heterocycles. The van der Waals surface area contributed by atoms with Gasteiger partial charge in [-0.15, -0.1) is 0 Å². The second kappa shape index (κ2) is 5.75. The highest BCUT2D eigenvalue weighted by Gasteiger charge is 2.32. The Bertz CT molecular complexity index is 725. The lowest BCUT2D eigenvalue weighted by Crippen LogP contribution is -2.36. The van der Waals surface area contributed by atoms with Gasteiger partial charge in [-0.2, -0.15) is 5.10 Å². The number of hydrogen-bond acceptors (Lipinski definition) is 4. The molecule has 0 bridgehead atoms. The van der Waals surface area contributed by atoms with Crippen molar-refractivity contribution in [2.24, 2.45) is 0 Å². The number of sulfonamides is 1. The first kappa shape index (κ1) is 14.5. The zero-order chi connectivity index (χ0) is 14.9. The number of H-pyrrole nitrogens is 1. The first-order valence-corrected chi connectivity index (χ1v) is 8.76. The van der Waals surface area contributed by atoms with Crippen LogP contribution in [0.1, 0.15) is 18.9 Å². The lowest BCUT2D eigenvalue weighted by molar-refractivity contribution is 0.332. The number of likely N-dealkylation sites (tertiary alicyclic amines) is 1. The van der Waals surface area contributed by atoms with E-state index in [0.717, 1.165) is 29.6 Å². The quantitative estimate of drug-likeness (QED) is 0.866. The van der Waals surface area contributed by atoms with Crippen LogP contribution in [0.4, 0.5) is 0 Å². The Morgan fingerprint density at radius 3 is 3.14 bits per heavy atom. The standard InChI is InChI=1S/C14H20N4O2S/c1-2-16-21(19,20)13-6-7-18(10-13)9-12-5-3-4-11-8-15-17-14(11)12/h3-5,8,13,16H,2,6-7,9-10H2,1H3,(H,15,17)/t13-/m1/s1. The molecule has 6 nitrogen and oxygen atoms in total. The van der Waals surface area contributed by atoms with Crippen molar-refractivity contribution in [2.75, 3.05) is 19.6 Å². The maximum atomic E-state index is 12.0. The van der Waals surface area contributed by atoms with Gasteiger partial charge in [0, 0.05) is 25.0 Å². The molecule has 2 heterocycles. The van der Waals surface area contributed by atoms with Gasteiger partial charge < -0.3 is 0 Å². The second-order valence-electron chi connectivity index (χ2n) is 5.44. The van der Waals surface area contributed by atoms with E-state index in [0.29, 0.717) is 19.5 Å². The Kier molecular flexibility index (Phi) is 3.97. The van der Waals surface area contributed by atoms with Crippen LogP contribution in [-0.2, 0) is 16.6 Å². The van der Waals surface area contributed by atoms with Gasteiger partial charge in [0.15, 0.2) is 0 Å². The van der Waals surface area contributed by atoms with Gasteiger partial charge in [-0.1, -0.05) is 25.1 Å². The van der Waals surface area contributed by atoms with Crippen LogP contribution in [0.15, 0.2) is 24.4 Å². The number of aromatic amines is 1. The largest absolute Gasteiger partial charge is 0.298 e. The van der Waals surface area contributed by atoms with Crippen LogP contribution in [0.25, 0.3) is 10.9 Å². The Morgan fingerprint density at radius 1 is 1.48 bits per heavy atom. The van der Waals surface area contributed by atoms with Gasteiger partial charge in [0.1, 0.15) is 0 Å². The molecule has 0 aliphatic carbocycles. The molecule has 1 aromatic heterocycles. The Labute approximate surface area is 124 Å². The van der Waals surface area contributed by atoms with Crippen molar-refractivity contribution in [3.05, 3.63) is 30.0 Å². The summed E-state index contributed by atoms with van der Waals surface area (Å²) < 4.78 is 26.7. The van der Waals surface area contributed by atoms with Crippen molar-refractivity contribution in [1.29, 1.82) is 0 Å². The number of nitrogens with zero attached hydrogens (tertiary/aromatic N) is 2. The molecule has 0 saturated carbocycles. The molecular formula is C14H20N4O2S. The number of para-hydroxylation sites is 1. The number of rotatable bonds is 5. The molecule has 1 atom stereocenters. The van der Waals surface area contributed by atoms with Crippen LogP contribution in [0.2, 0.25) is 0 Å². The molecule has 0 radical (unpaired) electrons. The number of benzene rings is 1. The highest BCUT2D eigenvalue weighted by atomic mass is 32.2. The van der Waals surface area contributed by atoms with Crippen LogP contribution in [0.5, 0.6) is 0 Å². The molecule has 1 aliphatic rings. The minimum atomic E-state index is -3.18. The maximum absolute atomic E-state index is 12.0. The predicted octanol–water partition coefficient (Wildman–Crippen LogP) is 1.08. The van der Waals surface area contributed by atoms with Gasteiger partial charge >= 0.3 is 0 Å². The Balaban J connectivity index is 1.72. The van der Waals surface area contributed by atoms with Crippen LogP contribution in [0, 0.1) is 0 Å². The van der Waals surface area contributed by atoms with E-state index in [2.05, 4.69) is 25.9 Å². The minimum absolute atomic E-state index is 0.307. The molecule has 114 valence electrons. The van der Waals surface area contributed by atoms with E-state index in [1.165, 1.54) is 0 Å². The number of fused-ring (bicyclic) bond motifs is 1. The van der Waals surface area contributed by atoms with E-state index in [4.69, 9.17) is 0 Å². The topological polar surface area (TPSA) is 78.1 Å². The van der Waals surface area contributed by atoms with Gasteiger partial charge in [-0.3, -0.25) is 10.00 Å². The van der Waals surface area contributed by atoms with E-state index < -0.39 is 10.0 Å². The van der Waals surface area contributed by atoms with Gasteiger partial charge in [0.25, 0.3) is 0 Å². The summed E-state index contributed by atoms with van der Waals surface area (Å²) in [5.41, 5.74) is 2.20. The number of hydrogen-bond donors (Lipinski definition) is 2. The van der Waals surface area contributed by atoms with Gasteiger partial charge in [-0.05, 0) is 18.5 Å². The first-order chi connectivity index (χ1) is 10.1. The maximum Gasteiger partial charge on any atom is 0.215 e. The van der Waals surface area contributed by atoms with Crippen LogP contribution in [-0.4, -0.2) is 48.4 Å². The predicted molar refractivity (Wildman–Crippen MR) is 82.4 cm³/mol. The molecule has 21 heavy (non-hydrogen) atoms. The fraction of sp³-hybridized carbons (Fsp3) is 0.500. The van der Waals surface area contributed by atoms with Crippen molar-refractivity contribution in [3.8, 4) is 0 Å². The molecule has 1 aromatic carbocycles. The smallest absolute Gasteiger partial charge is 0.215 e. The second-order valence-corrected chi connectivity index (χ2v) is 7.49. The molecular weight excluding hydrogens is 288 g/mol. The van der Waals surface area contributed by atoms with Crippen molar-refractivity contribution in [2.45, 2.75) is 25.1 Å². The molecule has 2 aromatic rings. The summed E-state index contributed by atoms with van der Waals surface area (Å²) in [5.74, 6) is 0. The highest BCUT2D eigenvalue weighted by Crippen LogP contribution is 2.22. The van der Waals surface area contributed by atoms with Crippen molar-refractivity contribution >= 4 is 20.9 Å². The third kappa shape index (κ3) is 2.95. The van der Waals surface area contributed by atoms with Crippen LogP contribution >= 0.6 is 0 Å². The lowest BCUT2D eigenvalue weighted by Gasteiger charge is -2.16. The molecule has 0 amide bonds.